The zero-order valence-electron chi connectivity index (χ0n) is 15.0. The third-order valence-electron chi connectivity index (χ3n) is 3.62. The van der Waals surface area contributed by atoms with E-state index in [2.05, 4.69) is 25.4 Å². The lowest BCUT2D eigenvalue weighted by molar-refractivity contribution is 0.612. The summed E-state index contributed by atoms with van der Waals surface area (Å²) in [6, 6.07) is 12.2. The van der Waals surface area contributed by atoms with Gasteiger partial charge in [0, 0.05) is 31.7 Å². The Morgan fingerprint density at radius 3 is 2.50 bits per heavy atom. The van der Waals surface area contributed by atoms with Crippen molar-refractivity contribution in [2.24, 2.45) is 0 Å². The van der Waals surface area contributed by atoms with E-state index >= 15 is 0 Å². The molecule has 0 bridgehead atoms. The summed E-state index contributed by atoms with van der Waals surface area (Å²) >= 11 is 3.32. The first-order chi connectivity index (χ1) is 11.6. The number of fused-ring (bicyclic) bond motifs is 2. The topological polar surface area (TPSA) is 32.3 Å². The highest BCUT2D eigenvalue weighted by Crippen LogP contribution is 2.28. The van der Waals surface area contributed by atoms with Gasteiger partial charge in [-0.3, -0.25) is 0 Å². The van der Waals surface area contributed by atoms with E-state index in [1.54, 1.807) is 23.9 Å². The average Bonchev–Trinajstić information content (AvgIpc) is 2.65. The van der Waals surface area contributed by atoms with Gasteiger partial charge in [0.2, 0.25) is 5.36 Å². The van der Waals surface area contributed by atoms with Gasteiger partial charge in [0.1, 0.15) is 18.3 Å². The Kier molecular flexibility index (Phi) is 6.57. The molecule has 2 aliphatic rings. The highest BCUT2D eigenvalue weighted by atomic mass is 32.2. The molecule has 24 heavy (non-hydrogen) atoms. The van der Waals surface area contributed by atoms with Crippen molar-refractivity contribution < 1.29 is 4.42 Å². The van der Waals surface area contributed by atoms with Crippen molar-refractivity contribution in [2.75, 3.05) is 30.9 Å². The Morgan fingerprint density at radius 1 is 1.08 bits per heavy atom. The molecule has 0 saturated carbocycles. The molecule has 0 radical (unpaired) electrons. The molecule has 0 unspecified atom stereocenters. The lowest BCUT2D eigenvalue weighted by Gasteiger charge is -2.15. The Balaban J connectivity index is 0.00000100. The molecule has 1 aliphatic heterocycles. The molecule has 0 spiro atoms. The van der Waals surface area contributed by atoms with E-state index < -0.39 is 0 Å². The molecule has 6 heteroatoms. The summed E-state index contributed by atoms with van der Waals surface area (Å²) in [4.78, 5) is 4.69. The minimum Gasteiger partial charge on any atom is -0.452 e. The van der Waals surface area contributed by atoms with Gasteiger partial charge in [0.15, 0.2) is 23.3 Å². The average molecular weight is 363 g/mol. The molecule has 0 amide bonds. The van der Waals surface area contributed by atoms with Crippen molar-refractivity contribution in [2.45, 2.75) is 13.8 Å². The second kappa shape index (κ2) is 8.44. The Morgan fingerprint density at radius 2 is 1.83 bits per heavy atom. The minimum absolute atomic E-state index is 0.801. The van der Waals surface area contributed by atoms with Gasteiger partial charge < -0.3 is 8.72 Å². The van der Waals surface area contributed by atoms with Crippen LogP contribution in [0.3, 0.4) is 0 Å². The summed E-state index contributed by atoms with van der Waals surface area (Å²) in [7, 11) is 4.07. The normalized spacial score (nSPS) is 11.9. The van der Waals surface area contributed by atoms with Gasteiger partial charge in [-0.05, 0) is 18.2 Å². The smallest absolute Gasteiger partial charge is 0.216 e. The van der Waals surface area contributed by atoms with E-state index in [-0.39, 0.29) is 0 Å². The summed E-state index contributed by atoms with van der Waals surface area (Å²) in [5.41, 5.74) is 3.64. The van der Waals surface area contributed by atoms with Crippen LogP contribution in [0.2, 0.25) is 0 Å². The molecular formula is C18H24N3OS2+. The van der Waals surface area contributed by atoms with Crippen LogP contribution in [0, 0.1) is 0 Å². The highest BCUT2D eigenvalue weighted by molar-refractivity contribution is 7.99. The Bertz CT molecular complexity index is 860. The van der Waals surface area contributed by atoms with E-state index in [1.165, 1.54) is 0 Å². The monoisotopic (exact) mass is 362 g/mol. The zero-order valence-corrected chi connectivity index (χ0v) is 16.7. The van der Waals surface area contributed by atoms with Gasteiger partial charge in [-0.1, -0.05) is 25.8 Å². The maximum atomic E-state index is 6.08. The molecule has 3 rings (SSSR count). The summed E-state index contributed by atoms with van der Waals surface area (Å²) in [6.45, 7) is 4.00. The van der Waals surface area contributed by atoms with Crippen LogP contribution in [0.5, 0.6) is 0 Å². The largest absolute Gasteiger partial charge is 0.452 e. The van der Waals surface area contributed by atoms with Crippen molar-refractivity contribution in [3.8, 4) is 11.5 Å². The van der Waals surface area contributed by atoms with Gasteiger partial charge in [-0.2, -0.15) is 3.98 Å². The summed E-state index contributed by atoms with van der Waals surface area (Å²) < 4.78 is 10.3. The Hall–Kier alpha value is -1.66. The van der Waals surface area contributed by atoms with Crippen LogP contribution in [0.4, 0.5) is 5.69 Å². The van der Waals surface area contributed by atoms with Crippen LogP contribution in [0.15, 0.2) is 40.8 Å². The second-order valence-corrected chi connectivity index (χ2v) is 6.70. The molecule has 0 aromatic heterocycles. The maximum absolute atomic E-state index is 6.08. The van der Waals surface area contributed by atoms with Gasteiger partial charge in [0.05, 0.1) is 11.8 Å². The summed E-state index contributed by atoms with van der Waals surface area (Å²) in [5.74, 6) is 0.801. The first-order valence-electron chi connectivity index (χ1n) is 7.85. The number of aromatic nitrogens is 1. The summed E-state index contributed by atoms with van der Waals surface area (Å²) in [6.07, 6.45) is 4.09. The number of anilines is 1. The first kappa shape index (κ1) is 18.7. The van der Waals surface area contributed by atoms with Crippen molar-refractivity contribution >= 4 is 40.7 Å². The van der Waals surface area contributed by atoms with E-state index in [0.29, 0.717) is 0 Å². The molecule has 4 nitrogen and oxygen atoms in total. The molecule has 0 N–H and O–H groups in total. The van der Waals surface area contributed by atoms with Gasteiger partial charge in [-0.25, -0.2) is 4.98 Å². The van der Waals surface area contributed by atoms with Crippen LogP contribution < -0.4 is 13.6 Å². The predicted octanol–water partition coefficient (Wildman–Crippen LogP) is 4.35. The number of hydrogen-bond acceptors (Lipinski definition) is 5. The van der Waals surface area contributed by atoms with Gasteiger partial charge >= 0.3 is 0 Å². The molecule has 1 heterocycles. The third kappa shape index (κ3) is 3.87. The maximum Gasteiger partial charge on any atom is 0.216 e. The van der Waals surface area contributed by atoms with Crippen LogP contribution in [-0.2, 0) is 0 Å². The SMILES string of the molecule is CC.CSN(C)c1ccc2nc3cc/c(=[N+](/C)SC)cc-3oc2c1. The fourth-order valence-corrected chi connectivity index (χ4v) is 2.85. The molecule has 0 saturated heterocycles. The quantitative estimate of drug-likeness (QED) is 0.393. The van der Waals surface area contributed by atoms with Crippen molar-refractivity contribution in [3.63, 3.8) is 0 Å². The molecule has 1 aromatic rings. The van der Waals surface area contributed by atoms with Gasteiger partial charge in [-0.15, -0.1) is 0 Å². The van der Waals surface area contributed by atoms with Crippen molar-refractivity contribution in [3.05, 3.63) is 41.8 Å². The fraction of sp³-hybridized carbons (Fsp3) is 0.333. The number of rotatable bonds is 3. The number of nitrogens with zero attached hydrogens (tertiary/aromatic N) is 3. The van der Waals surface area contributed by atoms with E-state index in [4.69, 9.17) is 4.42 Å². The fourth-order valence-electron chi connectivity index (χ4n) is 2.20. The first-order valence-corrected chi connectivity index (χ1v) is 10.2. The molecule has 0 atom stereocenters. The lowest BCUT2D eigenvalue weighted by atomic mass is 10.2. The van der Waals surface area contributed by atoms with Crippen molar-refractivity contribution in [1.29, 1.82) is 0 Å². The molecule has 0 fully saturated rings. The standard InChI is InChI=1S/C16H18N3OS2.C2H6/c1-18(21-3)11-5-7-13-15(9-11)20-16-10-12(19(2)22-4)6-8-14(16)17-13;1-2/h5-10H,1-4H3;1-2H3/q+1;. The van der Waals surface area contributed by atoms with E-state index in [9.17, 15) is 0 Å². The highest BCUT2D eigenvalue weighted by Gasteiger charge is 2.12. The zero-order chi connectivity index (χ0) is 17.7. The van der Waals surface area contributed by atoms with Crippen LogP contribution in [0.25, 0.3) is 22.6 Å². The van der Waals surface area contributed by atoms with Crippen LogP contribution in [-0.4, -0.2) is 31.6 Å². The molecule has 128 valence electrons. The van der Waals surface area contributed by atoms with Gasteiger partial charge in [0.25, 0.3) is 0 Å². The molecular weight excluding hydrogens is 338 g/mol. The number of hydrogen-bond donors (Lipinski definition) is 0. The summed E-state index contributed by atoms with van der Waals surface area (Å²) in [5, 5.41) is 1.10. The lowest BCUT2D eigenvalue weighted by Crippen LogP contribution is -2.19. The van der Waals surface area contributed by atoms with E-state index in [1.807, 2.05) is 64.7 Å². The molecule has 1 aromatic carbocycles. The molecule has 1 aliphatic carbocycles. The van der Waals surface area contributed by atoms with Crippen LogP contribution >= 0.6 is 23.9 Å². The van der Waals surface area contributed by atoms with Crippen molar-refractivity contribution in [1.82, 2.24) is 8.96 Å². The third-order valence-corrected chi connectivity index (χ3v) is 5.14. The van der Waals surface area contributed by atoms with E-state index in [0.717, 1.165) is 33.6 Å². The predicted molar refractivity (Wildman–Crippen MR) is 109 cm³/mol. The minimum atomic E-state index is 0.801. The van der Waals surface area contributed by atoms with Crippen LogP contribution in [0.1, 0.15) is 13.8 Å². The second-order valence-electron chi connectivity index (χ2n) is 4.88. The Labute approximate surface area is 152 Å². The number of benzene rings is 2.